The molecule has 0 bridgehead atoms. The zero-order valence-corrected chi connectivity index (χ0v) is 13.9. The van der Waals surface area contributed by atoms with Crippen LogP contribution >= 0.6 is 11.6 Å². The molecule has 1 aromatic carbocycles. The van der Waals surface area contributed by atoms with Gasteiger partial charge in [0, 0.05) is 24.2 Å². The number of pyridine rings is 1. The van der Waals surface area contributed by atoms with Crippen molar-refractivity contribution in [1.29, 1.82) is 0 Å². The Morgan fingerprint density at radius 1 is 1.43 bits per heavy atom. The number of nitrogens with one attached hydrogen (secondary N) is 2. The van der Waals surface area contributed by atoms with Crippen LogP contribution in [0.3, 0.4) is 0 Å². The Labute approximate surface area is 141 Å². The fraction of sp³-hybridized carbons (Fsp3) is 0.412. The lowest BCUT2D eigenvalue weighted by molar-refractivity contribution is 0.238. The lowest BCUT2D eigenvalue weighted by Gasteiger charge is -2.23. The summed E-state index contributed by atoms with van der Waals surface area (Å²) in [5.41, 5.74) is 1.41. The Balaban J connectivity index is 1.65. The van der Waals surface area contributed by atoms with E-state index in [1.807, 2.05) is 12.1 Å². The van der Waals surface area contributed by atoms with E-state index in [1.54, 1.807) is 18.3 Å². The molecule has 1 aliphatic heterocycles. The van der Waals surface area contributed by atoms with Gasteiger partial charge in [-0.2, -0.15) is 0 Å². The molecule has 5 nitrogen and oxygen atoms in total. The number of rotatable bonds is 4. The number of fused-ring (bicyclic) bond motifs is 1. The maximum Gasteiger partial charge on any atom is 0.319 e. The van der Waals surface area contributed by atoms with E-state index in [1.165, 1.54) is 6.42 Å². The normalized spacial score (nSPS) is 18.3. The number of likely N-dealkylation sites (tertiary alicyclic amines) is 1. The Morgan fingerprint density at radius 3 is 3.13 bits per heavy atom. The Bertz CT molecular complexity index is 706. The summed E-state index contributed by atoms with van der Waals surface area (Å²) in [7, 11) is 0. The molecule has 1 aromatic heterocycles. The largest absolute Gasteiger partial charge is 0.336 e. The zero-order chi connectivity index (χ0) is 16.2. The Hall–Kier alpha value is -1.85. The van der Waals surface area contributed by atoms with E-state index >= 15 is 0 Å². The van der Waals surface area contributed by atoms with Crippen molar-refractivity contribution >= 4 is 34.2 Å². The number of carbonyl (C=O) groups excluding carboxylic acids is 1. The van der Waals surface area contributed by atoms with E-state index in [-0.39, 0.29) is 6.03 Å². The second kappa shape index (κ2) is 7.15. The molecule has 1 fully saturated rings. The lowest BCUT2D eigenvalue weighted by atomic mass is 10.2. The summed E-state index contributed by atoms with van der Waals surface area (Å²) in [6.07, 6.45) is 4.04. The molecule has 23 heavy (non-hydrogen) atoms. The number of carbonyl (C=O) groups is 1. The van der Waals surface area contributed by atoms with Gasteiger partial charge in [0.15, 0.2) is 0 Å². The average Bonchev–Trinajstić information content (AvgIpc) is 3.03. The topological polar surface area (TPSA) is 57.3 Å². The fourth-order valence-corrected chi connectivity index (χ4v) is 3.38. The van der Waals surface area contributed by atoms with Gasteiger partial charge < -0.3 is 10.6 Å². The third-order valence-corrected chi connectivity index (χ3v) is 4.68. The zero-order valence-electron chi connectivity index (χ0n) is 13.2. The van der Waals surface area contributed by atoms with Gasteiger partial charge in [-0.05, 0) is 50.2 Å². The molecule has 1 atom stereocenters. The van der Waals surface area contributed by atoms with Crippen LogP contribution < -0.4 is 10.6 Å². The van der Waals surface area contributed by atoms with Crippen molar-refractivity contribution in [2.75, 3.05) is 25.0 Å². The smallest absolute Gasteiger partial charge is 0.319 e. The van der Waals surface area contributed by atoms with E-state index in [4.69, 9.17) is 11.6 Å². The maximum atomic E-state index is 12.2. The van der Waals surface area contributed by atoms with Gasteiger partial charge in [-0.1, -0.05) is 18.5 Å². The van der Waals surface area contributed by atoms with Crippen molar-refractivity contribution < 1.29 is 4.79 Å². The van der Waals surface area contributed by atoms with Crippen molar-refractivity contribution in [3.63, 3.8) is 0 Å². The van der Waals surface area contributed by atoms with Crippen molar-refractivity contribution in [3.05, 3.63) is 35.5 Å². The first-order valence-electron chi connectivity index (χ1n) is 8.01. The number of benzene rings is 1. The number of hydrogen-bond donors (Lipinski definition) is 2. The first kappa shape index (κ1) is 16.0. The monoisotopic (exact) mass is 332 g/mol. The molecule has 0 radical (unpaired) electrons. The van der Waals surface area contributed by atoms with Crippen LogP contribution in [0.1, 0.15) is 19.8 Å². The summed E-state index contributed by atoms with van der Waals surface area (Å²) in [6, 6.07) is 7.54. The standard InChI is InChI=1S/C17H21ClN4O/c1-2-22-10-4-5-12(22)11-20-17(23)21-15-8-7-14(18)16-13(15)6-3-9-19-16/h3,6-9,12H,2,4-5,10-11H2,1H3,(H2,20,21,23). The Kier molecular flexibility index (Phi) is 4.98. The highest BCUT2D eigenvalue weighted by atomic mass is 35.5. The average molecular weight is 333 g/mol. The van der Waals surface area contributed by atoms with Crippen molar-refractivity contribution in [1.82, 2.24) is 15.2 Å². The highest BCUT2D eigenvalue weighted by molar-refractivity contribution is 6.35. The molecule has 2 amide bonds. The van der Waals surface area contributed by atoms with Crippen LogP contribution in [0.15, 0.2) is 30.5 Å². The fourth-order valence-electron chi connectivity index (χ4n) is 3.17. The molecular weight excluding hydrogens is 312 g/mol. The minimum atomic E-state index is -0.194. The predicted molar refractivity (Wildman–Crippen MR) is 94.0 cm³/mol. The molecule has 3 rings (SSSR count). The number of halogens is 1. The highest BCUT2D eigenvalue weighted by Gasteiger charge is 2.23. The minimum Gasteiger partial charge on any atom is -0.336 e. The van der Waals surface area contributed by atoms with Gasteiger partial charge in [0.05, 0.1) is 16.2 Å². The highest BCUT2D eigenvalue weighted by Crippen LogP contribution is 2.27. The van der Waals surface area contributed by atoms with E-state index in [2.05, 4.69) is 27.4 Å². The van der Waals surface area contributed by atoms with Crippen molar-refractivity contribution in [3.8, 4) is 0 Å². The molecular formula is C17H21ClN4O. The molecule has 0 aliphatic carbocycles. The van der Waals surface area contributed by atoms with Crippen LogP contribution in [0.5, 0.6) is 0 Å². The second-order valence-electron chi connectivity index (χ2n) is 5.75. The first-order chi connectivity index (χ1) is 11.2. The van der Waals surface area contributed by atoms with E-state index in [0.29, 0.717) is 28.8 Å². The second-order valence-corrected chi connectivity index (χ2v) is 6.16. The minimum absolute atomic E-state index is 0.194. The maximum absolute atomic E-state index is 12.2. The van der Waals surface area contributed by atoms with Gasteiger partial charge in [0.2, 0.25) is 0 Å². The van der Waals surface area contributed by atoms with Crippen molar-refractivity contribution in [2.24, 2.45) is 0 Å². The summed E-state index contributed by atoms with van der Waals surface area (Å²) in [4.78, 5) is 18.9. The van der Waals surface area contributed by atoms with Crippen LogP contribution in [-0.4, -0.2) is 41.6 Å². The van der Waals surface area contributed by atoms with E-state index in [9.17, 15) is 4.79 Å². The molecule has 2 aromatic rings. The van der Waals surface area contributed by atoms with Gasteiger partial charge in [0.1, 0.15) is 0 Å². The van der Waals surface area contributed by atoms with Crippen LogP contribution in [0.25, 0.3) is 10.9 Å². The summed E-state index contributed by atoms with van der Waals surface area (Å²) >= 11 is 6.15. The number of hydrogen-bond acceptors (Lipinski definition) is 3. The quantitative estimate of drug-likeness (QED) is 0.901. The van der Waals surface area contributed by atoms with Crippen LogP contribution in [0.2, 0.25) is 5.02 Å². The van der Waals surface area contributed by atoms with Crippen LogP contribution in [0, 0.1) is 0 Å². The molecule has 0 spiro atoms. The molecule has 2 N–H and O–H groups in total. The molecule has 2 heterocycles. The summed E-state index contributed by atoms with van der Waals surface area (Å²) in [5.74, 6) is 0. The van der Waals surface area contributed by atoms with Gasteiger partial charge in [0.25, 0.3) is 0 Å². The molecule has 0 saturated carbocycles. The summed E-state index contributed by atoms with van der Waals surface area (Å²) < 4.78 is 0. The molecule has 1 unspecified atom stereocenters. The summed E-state index contributed by atoms with van der Waals surface area (Å²) in [6.45, 7) is 4.98. The number of amides is 2. The molecule has 1 saturated heterocycles. The summed E-state index contributed by atoms with van der Waals surface area (Å²) in [5, 5.41) is 7.29. The predicted octanol–water partition coefficient (Wildman–Crippen LogP) is 3.49. The van der Waals surface area contributed by atoms with E-state index < -0.39 is 0 Å². The Morgan fingerprint density at radius 2 is 2.30 bits per heavy atom. The number of likely N-dealkylation sites (N-methyl/N-ethyl adjacent to an activating group) is 1. The molecule has 1 aliphatic rings. The van der Waals surface area contributed by atoms with E-state index in [0.717, 1.165) is 24.9 Å². The number of nitrogens with zero attached hydrogens (tertiary/aromatic N) is 2. The van der Waals surface area contributed by atoms with Crippen LogP contribution in [0.4, 0.5) is 10.5 Å². The molecule has 122 valence electrons. The van der Waals surface area contributed by atoms with Crippen molar-refractivity contribution in [2.45, 2.75) is 25.8 Å². The number of anilines is 1. The third-order valence-electron chi connectivity index (χ3n) is 4.37. The first-order valence-corrected chi connectivity index (χ1v) is 8.39. The van der Waals surface area contributed by atoms with Gasteiger partial charge in [-0.3, -0.25) is 9.88 Å². The van der Waals surface area contributed by atoms with Gasteiger partial charge in [-0.15, -0.1) is 0 Å². The van der Waals surface area contributed by atoms with Gasteiger partial charge >= 0.3 is 6.03 Å². The molecule has 6 heteroatoms. The van der Waals surface area contributed by atoms with Crippen LogP contribution in [-0.2, 0) is 0 Å². The third kappa shape index (κ3) is 3.57. The number of aromatic nitrogens is 1. The van der Waals surface area contributed by atoms with Gasteiger partial charge in [-0.25, -0.2) is 4.79 Å². The number of urea groups is 1. The lowest BCUT2D eigenvalue weighted by Crippen LogP contribution is -2.41. The SMILES string of the molecule is CCN1CCCC1CNC(=O)Nc1ccc(Cl)c2ncccc12.